The molecule has 1 rings (SSSR count). The molecule has 0 aromatic heterocycles. The zero-order chi connectivity index (χ0) is 16.6. The van der Waals surface area contributed by atoms with Crippen LogP contribution in [0.4, 0.5) is 4.79 Å². The highest BCUT2D eigenvalue weighted by molar-refractivity contribution is 7.55. The van der Waals surface area contributed by atoms with Gasteiger partial charge in [0.05, 0.1) is 4.79 Å². The third-order valence-corrected chi connectivity index (χ3v) is 4.65. The van der Waals surface area contributed by atoms with Crippen molar-refractivity contribution in [2.45, 2.75) is 12.4 Å². The van der Waals surface area contributed by atoms with Gasteiger partial charge in [-0.05, 0) is 5.56 Å². The van der Waals surface area contributed by atoms with Gasteiger partial charge in [-0.25, -0.2) is 4.79 Å². The standard InChI is InChI=1S/C13H16NO7P/c1-18-12(15)11(22(17,19-2)20-3)14-13(16)21-9-10-7-5-4-6-8-10/h4-8,11H,1,9H2,2-3H3/p+1. The lowest BCUT2D eigenvalue weighted by Gasteiger charge is -2.18. The normalized spacial score (nSPS) is 12.3. The molecule has 0 aliphatic carbocycles. The van der Waals surface area contributed by atoms with Crippen LogP contribution in [0.3, 0.4) is 0 Å². The molecule has 0 aliphatic heterocycles. The lowest BCUT2D eigenvalue weighted by molar-refractivity contribution is -0.369. The molecular formula is C13H17NO7P+. The third kappa shape index (κ3) is 4.77. The molecule has 0 fully saturated rings. The quantitative estimate of drug-likeness (QED) is 0.602. The van der Waals surface area contributed by atoms with E-state index in [1.54, 1.807) is 24.3 Å². The van der Waals surface area contributed by atoms with Gasteiger partial charge in [0.25, 0.3) is 5.78 Å². The van der Waals surface area contributed by atoms with Crippen molar-refractivity contribution in [3.8, 4) is 0 Å². The van der Waals surface area contributed by atoms with Gasteiger partial charge in [-0.15, -0.1) is 0 Å². The molecule has 22 heavy (non-hydrogen) atoms. The summed E-state index contributed by atoms with van der Waals surface area (Å²) in [7, 11) is -1.79. The van der Waals surface area contributed by atoms with E-state index < -0.39 is 25.4 Å². The zero-order valence-electron chi connectivity index (χ0n) is 12.2. The summed E-state index contributed by atoms with van der Waals surface area (Å²) in [5, 5.41) is 2.09. The van der Waals surface area contributed by atoms with E-state index in [9.17, 15) is 14.2 Å². The molecule has 8 nitrogen and oxygen atoms in total. The average molecular weight is 330 g/mol. The molecule has 0 bridgehead atoms. The van der Waals surface area contributed by atoms with Gasteiger partial charge in [0.1, 0.15) is 6.61 Å². The second-order valence-corrected chi connectivity index (χ2v) is 6.30. The van der Waals surface area contributed by atoms with Gasteiger partial charge in [0, 0.05) is 14.2 Å². The monoisotopic (exact) mass is 330 g/mol. The van der Waals surface area contributed by atoms with Gasteiger partial charge < -0.3 is 13.8 Å². The van der Waals surface area contributed by atoms with E-state index in [0.29, 0.717) is 0 Å². The summed E-state index contributed by atoms with van der Waals surface area (Å²) in [6.07, 6.45) is -0.978. The summed E-state index contributed by atoms with van der Waals surface area (Å²) in [4.78, 5) is 23.3. The van der Waals surface area contributed by atoms with Crippen LogP contribution in [0.1, 0.15) is 5.56 Å². The molecule has 0 saturated carbocycles. The molecule has 1 atom stereocenters. The molecule has 0 heterocycles. The molecule has 1 aromatic rings. The van der Waals surface area contributed by atoms with Crippen LogP contribution >= 0.6 is 7.60 Å². The molecular weight excluding hydrogens is 313 g/mol. The first kappa shape index (κ1) is 18.0. The first-order chi connectivity index (χ1) is 10.5. The molecule has 0 saturated heterocycles. The van der Waals surface area contributed by atoms with Crippen molar-refractivity contribution in [2.75, 3.05) is 14.2 Å². The Kier molecular flexibility index (Phi) is 6.91. The van der Waals surface area contributed by atoms with Crippen molar-refractivity contribution in [3.05, 3.63) is 35.9 Å². The maximum Gasteiger partial charge on any atom is 0.614 e. The van der Waals surface area contributed by atoms with E-state index in [0.717, 1.165) is 19.8 Å². The largest absolute Gasteiger partial charge is 0.614 e. The second-order valence-electron chi connectivity index (χ2n) is 3.98. The number of carbonyl (C=O) groups excluding carboxylic acids is 3. The van der Waals surface area contributed by atoms with Crippen LogP contribution in [0, 0.1) is 0 Å². The predicted molar refractivity (Wildman–Crippen MR) is 77.3 cm³/mol. The molecule has 0 spiro atoms. The van der Waals surface area contributed by atoms with Crippen LogP contribution in [-0.2, 0) is 34.2 Å². The Morgan fingerprint density at radius 2 is 1.86 bits per heavy atom. The number of nitrogens with one attached hydrogen (secondary N) is 1. The van der Waals surface area contributed by atoms with Crippen molar-refractivity contribution in [3.63, 3.8) is 0 Å². The number of amides is 1. The van der Waals surface area contributed by atoms with E-state index in [2.05, 4.69) is 25.6 Å². The second kappa shape index (κ2) is 8.43. The summed E-state index contributed by atoms with van der Waals surface area (Å²) in [6.45, 7) is 2.89. The minimum atomic E-state index is -3.94. The van der Waals surface area contributed by atoms with Crippen molar-refractivity contribution in [1.82, 2.24) is 5.32 Å². The third-order valence-electron chi connectivity index (χ3n) is 2.66. The maximum absolute atomic E-state index is 12.2. The van der Waals surface area contributed by atoms with Gasteiger partial charge >= 0.3 is 19.7 Å². The Bertz CT molecular complexity index is 567. The number of rotatable bonds is 7. The SMILES string of the molecule is C=[O+]C(=O)C(NC(=O)OCc1ccccc1)P(=O)(OC)OC. The van der Waals surface area contributed by atoms with Crippen LogP contribution in [0.2, 0.25) is 0 Å². The van der Waals surface area contributed by atoms with Crippen molar-refractivity contribution < 1.29 is 32.4 Å². The summed E-state index contributed by atoms with van der Waals surface area (Å²) in [5.41, 5.74) is 0.746. The minimum absolute atomic E-state index is 0.0247. The highest BCUT2D eigenvalue weighted by Gasteiger charge is 2.49. The number of alkyl carbamates (subject to hydrolysis) is 1. The Morgan fingerprint density at radius 3 is 2.36 bits per heavy atom. The Hall–Kier alpha value is -2.02. The Balaban J connectivity index is 2.73. The highest BCUT2D eigenvalue weighted by atomic mass is 31.2. The molecule has 0 radical (unpaired) electrons. The molecule has 1 amide bonds. The van der Waals surface area contributed by atoms with E-state index >= 15 is 0 Å². The van der Waals surface area contributed by atoms with E-state index in [4.69, 9.17) is 4.74 Å². The number of ether oxygens (including phenoxy) is 1. The lowest BCUT2D eigenvalue weighted by Crippen LogP contribution is -2.41. The maximum atomic E-state index is 12.2. The summed E-state index contributed by atoms with van der Waals surface area (Å²) in [5.74, 6) is -2.76. The number of carbonyl (C=O) groups is 2. The molecule has 9 heteroatoms. The zero-order valence-corrected chi connectivity index (χ0v) is 13.1. The van der Waals surface area contributed by atoms with Crippen LogP contribution in [0.5, 0.6) is 0 Å². The molecule has 1 unspecified atom stereocenters. The molecule has 1 aromatic carbocycles. The fraction of sp³-hybridized carbons (Fsp3) is 0.308. The minimum Gasteiger partial charge on any atom is -0.445 e. The van der Waals surface area contributed by atoms with Crippen LogP contribution in [0.15, 0.2) is 30.3 Å². The van der Waals surface area contributed by atoms with Crippen LogP contribution in [0.25, 0.3) is 0 Å². The first-order valence-electron chi connectivity index (χ1n) is 6.11. The Labute approximate surface area is 127 Å². The van der Waals surface area contributed by atoms with Crippen molar-refractivity contribution in [2.24, 2.45) is 0 Å². The average Bonchev–Trinajstić information content (AvgIpc) is 2.57. The highest BCUT2D eigenvalue weighted by Crippen LogP contribution is 2.50. The van der Waals surface area contributed by atoms with E-state index in [-0.39, 0.29) is 6.61 Å². The summed E-state index contributed by atoms with van der Waals surface area (Å²) >= 11 is 0. The summed E-state index contributed by atoms with van der Waals surface area (Å²) < 4.78 is 30.7. The van der Waals surface area contributed by atoms with E-state index in [1.165, 1.54) is 0 Å². The van der Waals surface area contributed by atoms with E-state index in [1.807, 2.05) is 6.07 Å². The topological polar surface area (TPSA) is 102 Å². The van der Waals surface area contributed by atoms with Crippen molar-refractivity contribution in [1.29, 1.82) is 0 Å². The molecule has 0 aliphatic rings. The number of hydrogen-bond acceptors (Lipinski definition) is 6. The lowest BCUT2D eigenvalue weighted by atomic mass is 10.2. The van der Waals surface area contributed by atoms with Gasteiger partial charge in [-0.1, -0.05) is 30.3 Å². The van der Waals surface area contributed by atoms with Gasteiger partial charge in [0.2, 0.25) is 0 Å². The Morgan fingerprint density at radius 1 is 1.27 bits per heavy atom. The fourth-order valence-electron chi connectivity index (χ4n) is 1.51. The van der Waals surface area contributed by atoms with Gasteiger partial charge in [0.15, 0.2) is 6.79 Å². The molecule has 120 valence electrons. The van der Waals surface area contributed by atoms with Gasteiger partial charge in [-0.3, -0.25) is 14.3 Å². The van der Waals surface area contributed by atoms with Crippen LogP contribution in [-0.4, -0.2) is 38.9 Å². The van der Waals surface area contributed by atoms with Gasteiger partial charge in [-0.2, -0.15) is 0 Å². The number of benzene rings is 1. The predicted octanol–water partition coefficient (Wildman–Crippen LogP) is 1.62. The van der Waals surface area contributed by atoms with Crippen LogP contribution < -0.4 is 5.32 Å². The summed E-state index contributed by atoms with van der Waals surface area (Å²) in [6, 6.07) is 8.89. The molecule has 1 N–H and O–H groups in total. The fourth-order valence-corrected chi connectivity index (χ4v) is 2.67. The van der Waals surface area contributed by atoms with Crippen molar-refractivity contribution >= 4 is 26.4 Å². The number of hydrogen-bond donors (Lipinski definition) is 1. The smallest absolute Gasteiger partial charge is 0.445 e. The first-order valence-corrected chi connectivity index (χ1v) is 7.72.